The van der Waals surface area contributed by atoms with Crippen molar-refractivity contribution >= 4 is 23.4 Å². The molecule has 0 spiro atoms. The molecule has 10 heteroatoms. The molecule has 0 unspecified atom stereocenters. The largest absolute Gasteiger partial charge is 0.416 e. The zero-order valence-corrected chi connectivity index (χ0v) is 27.3. The van der Waals surface area contributed by atoms with Gasteiger partial charge in [-0.1, -0.05) is 42.8 Å². The zero-order valence-electron chi connectivity index (χ0n) is 27.3. The predicted octanol–water partition coefficient (Wildman–Crippen LogP) is 6.89. The lowest BCUT2D eigenvalue weighted by Gasteiger charge is -2.41. The smallest absolute Gasteiger partial charge is 0.415 e. The number of benzene rings is 2. The van der Waals surface area contributed by atoms with Crippen molar-refractivity contribution < 1.29 is 32.0 Å². The molecule has 0 radical (unpaired) electrons. The Morgan fingerprint density at radius 2 is 1.64 bits per heavy atom. The Kier molecular flexibility index (Phi) is 9.97. The number of ether oxygens (including phenoxy) is 1. The summed E-state index contributed by atoms with van der Waals surface area (Å²) in [6.07, 6.45) is -1.67. The van der Waals surface area contributed by atoms with Crippen molar-refractivity contribution in [3.63, 3.8) is 0 Å². The summed E-state index contributed by atoms with van der Waals surface area (Å²) in [4.78, 5) is 34.5. The molecule has 0 saturated carbocycles. The minimum Gasteiger partial charge on any atom is -0.415 e. The van der Waals surface area contributed by atoms with E-state index in [9.17, 15) is 22.8 Å². The summed E-state index contributed by atoms with van der Waals surface area (Å²) < 4.78 is 47.1. The van der Waals surface area contributed by atoms with Crippen LogP contribution in [0.2, 0.25) is 0 Å². The lowest BCUT2D eigenvalue weighted by molar-refractivity contribution is -0.926. The van der Waals surface area contributed by atoms with Crippen molar-refractivity contribution in [1.29, 1.82) is 0 Å². The molecule has 0 N–H and O–H groups in total. The predicted molar refractivity (Wildman–Crippen MR) is 171 cm³/mol. The second kappa shape index (κ2) is 13.2. The van der Waals surface area contributed by atoms with Gasteiger partial charge in [-0.15, -0.1) is 0 Å². The second-order valence-electron chi connectivity index (χ2n) is 12.9. The SMILES string of the molecule is CCCC(=O)OC[N+]1(C)CCN(c2cc(-c3ccccc3C)c(N(C)C(=O)C(C)(C)c3cc(C)cc(C(F)(F)F)c3)cn2)CC1. The van der Waals surface area contributed by atoms with Crippen LogP contribution in [-0.4, -0.2) is 68.3 Å². The first-order valence-electron chi connectivity index (χ1n) is 15.3. The number of aryl methyl sites for hydroxylation is 2. The maximum absolute atomic E-state index is 14.1. The van der Waals surface area contributed by atoms with Crippen LogP contribution >= 0.6 is 0 Å². The number of alkyl halides is 3. The van der Waals surface area contributed by atoms with Crippen molar-refractivity contribution in [3.05, 3.63) is 77.0 Å². The molecule has 1 aromatic heterocycles. The Labute approximate surface area is 264 Å². The molecule has 0 aliphatic carbocycles. The number of piperazine rings is 1. The number of likely N-dealkylation sites (N-methyl/N-ethyl adjacent to an activating group) is 2. The Bertz CT molecular complexity index is 1550. The van der Waals surface area contributed by atoms with Gasteiger partial charge in [0, 0.05) is 19.0 Å². The summed E-state index contributed by atoms with van der Waals surface area (Å²) in [5, 5.41) is 0. The van der Waals surface area contributed by atoms with Crippen LogP contribution in [0.25, 0.3) is 11.1 Å². The molecule has 1 saturated heterocycles. The van der Waals surface area contributed by atoms with Crippen molar-refractivity contribution in [2.24, 2.45) is 0 Å². The number of rotatable bonds is 9. The number of halogens is 3. The Morgan fingerprint density at radius 1 is 1.00 bits per heavy atom. The summed E-state index contributed by atoms with van der Waals surface area (Å²) >= 11 is 0. The number of pyridine rings is 1. The number of carbonyl (C=O) groups is 2. The summed E-state index contributed by atoms with van der Waals surface area (Å²) in [6.45, 7) is 12.1. The number of carbonyl (C=O) groups excluding carboxylic acids is 2. The first-order valence-corrected chi connectivity index (χ1v) is 15.3. The molecule has 3 aromatic rings. The van der Waals surface area contributed by atoms with Crippen LogP contribution in [0.5, 0.6) is 0 Å². The standard InChI is InChI=1S/C35H44F3N4O3/c1-8-11-32(43)45-23-42(7)16-14-41(15-17-42)31-21-29(28-13-10-9-12-25(28)3)30(22-39-31)40(6)33(44)34(4,5)26-18-24(2)19-27(20-26)35(36,37)38/h9-10,12-13,18-22H,8,11,14-17,23H2,1-7H3/q+1. The highest BCUT2D eigenvalue weighted by molar-refractivity contribution is 6.03. The molecule has 0 bridgehead atoms. The van der Waals surface area contributed by atoms with E-state index in [1.165, 1.54) is 4.90 Å². The fraction of sp³-hybridized carbons (Fsp3) is 0.457. The van der Waals surface area contributed by atoms with Gasteiger partial charge in [0.2, 0.25) is 12.6 Å². The van der Waals surface area contributed by atoms with E-state index < -0.39 is 17.2 Å². The minimum absolute atomic E-state index is 0.176. The normalized spacial score (nSPS) is 15.1. The van der Waals surface area contributed by atoms with Gasteiger partial charge >= 0.3 is 12.1 Å². The van der Waals surface area contributed by atoms with Gasteiger partial charge in [0.1, 0.15) is 5.82 Å². The van der Waals surface area contributed by atoms with Gasteiger partial charge in [-0.3, -0.25) is 14.1 Å². The summed E-state index contributed by atoms with van der Waals surface area (Å²) in [5.74, 6) is 0.235. The van der Waals surface area contributed by atoms with E-state index in [1.54, 1.807) is 40.1 Å². The molecule has 2 heterocycles. The van der Waals surface area contributed by atoms with Crippen LogP contribution < -0.4 is 9.80 Å². The van der Waals surface area contributed by atoms with Gasteiger partial charge in [0.05, 0.1) is 56.1 Å². The van der Waals surface area contributed by atoms with Crippen LogP contribution in [0.3, 0.4) is 0 Å². The molecule has 1 amide bonds. The number of esters is 1. The van der Waals surface area contributed by atoms with E-state index in [2.05, 4.69) is 11.9 Å². The molecule has 7 nitrogen and oxygen atoms in total. The van der Waals surface area contributed by atoms with Crippen LogP contribution in [0, 0.1) is 13.8 Å². The van der Waals surface area contributed by atoms with Gasteiger partial charge < -0.3 is 14.5 Å². The Balaban J connectivity index is 1.65. The highest BCUT2D eigenvalue weighted by Crippen LogP contribution is 2.39. The van der Waals surface area contributed by atoms with E-state index in [-0.39, 0.29) is 11.9 Å². The molecule has 45 heavy (non-hydrogen) atoms. The average Bonchev–Trinajstić information content (AvgIpc) is 2.99. The summed E-state index contributed by atoms with van der Waals surface area (Å²) in [5.41, 5.74) is 2.02. The molecule has 1 aliphatic rings. The van der Waals surface area contributed by atoms with Crippen LogP contribution in [0.15, 0.2) is 54.7 Å². The third-order valence-corrected chi connectivity index (χ3v) is 8.77. The van der Waals surface area contributed by atoms with Crippen molar-refractivity contribution in [3.8, 4) is 11.1 Å². The van der Waals surface area contributed by atoms with E-state index in [0.29, 0.717) is 47.5 Å². The van der Waals surface area contributed by atoms with Crippen LogP contribution in [-0.2, 0) is 25.9 Å². The summed E-state index contributed by atoms with van der Waals surface area (Å²) in [6, 6.07) is 13.7. The van der Waals surface area contributed by atoms with E-state index in [0.717, 1.165) is 54.2 Å². The average molecular weight is 626 g/mol. The van der Waals surface area contributed by atoms with Crippen molar-refractivity contribution in [2.75, 3.05) is 56.8 Å². The lowest BCUT2D eigenvalue weighted by atomic mass is 9.81. The highest BCUT2D eigenvalue weighted by Gasteiger charge is 2.38. The van der Waals surface area contributed by atoms with Crippen LogP contribution in [0.4, 0.5) is 24.7 Å². The molecule has 1 fully saturated rings. The number of anilines is 2. The van der Waals surface area contributed by atoms with Crippen molar-refractivity contribution in [1.82, 2.24) is 4.98 Å². The van der Waals surface area contributed by atoms with Gasteiger partial charge in [-0.25, -0.2) is 4.98 Å². The monoisotopic (exact) mass is 625 g/mol. The Morgan fingerprint density at radius 3 is 2.27 bits per heavy atom. The number of hydrogen-bond acceptors (Lipinski definition) is 5. The third kappa shape index (κ3) is 7.66. The minimum atomic E-state index is -4.52. The third-order valence-electron chi connectivity index (χ3n) is 8.77. The summed E-state index contributed by atoms with van der Waals surface area (Å²) in [7, 11) is 3.73. The van der Waals surface area contributed by atoms with Gasteiger partial charge in [0.25, 0.3) is 0 Å². The number of hydrogen-bond donors (Lipinski definition) is 0. The van der Waals surface area contributed by atoms with Gasteiger partial charge in [-0.05, 0) is 69.0 Å². The lowest BCUT2D eigenvalue weighted by Crippen LogP contribution is -2.58. The van der Waals surface area contributed by atoms with E-state index in [1.807, 2.05) is 44.2 Å². The number of quaternary nitrogens is 1. The van der Waals surface area contributed by atoms with E-state index in [4.69, 9.17) is 9.72 Å². The molecule has 2 aromatic carbocycles. The van der Waals surface area contributed by atoms with Crippen LogP contribution in [0.1, 0.15) is 55.9 Å². The molecule has 242 valence electrons. The van der Waals surface area contributed by atoms with Crippen molar-refractivity contribution in [2.45, 2.75) is 59.1 Å². The number of aromatic nitrogens is 1. The quantitative estimate of drug-likeness (QED) is 0.191. The van der Waals surface area contributed by atoms with E-state index >= 15 is 0 Å². The molecule has 1 aliphatic heterocycles. The molecular weight excluding hydrogens is 581 g/mol. The molecular formula is C35H44F3N4O3+. The number of amides is 1. The first-order chi connectivity index (χ1) is 21.1. The second-order valence-corrected chi connectivity index (χ2v) is 12.9. The fourth-order valence-electron chi connectivity index (χ4n) is 5.74. The fourth-order valence-corrected chi connectivity index (χ4v) is 5.74. The Hall–Kier alpha value is -3.92. The maximum Gasteiger partial charge on any atom is 0.416 e. The maximum atomic E-state index is 14.1. The zero-order chi connectivity index (χ0) is 33.2. The number of nitrogens with zero attached hydrogens (tertiary/aromatic N) is 4. The van der Waals surface area contributed by atoms with Gasteiger partial charge in [0.15, 0.2) is 0 Å². The highest BCUT2D eigenvalue weighted by atomic mass is 19.4. The van der Waals surface area contributed by atoms with Gasteiger partial charge in [-0.2, -0.15) is 13.2 Å². The topological polar surface area (TPSA) is 62.7 Å². The molecule has 4 rings (SSSR count). The molecule has 0 atom stereocenters. The first kappa shape index (κ1) is 34.0.